The van der Waals surface area contributed by atoms with Crippen molar-refractivity contribution >= 4 is 28.8 Å². The summed E-state index contributed by atoms with van der Waals surface area (Å²) in [6, 6.07) is 12.7. The molecule has 2 atom stereocenters. The number of imidazole rings is 1. The SMILES string of the molecule is C=C(/C=C\c1c(C)c2ccccc2n2c3c(nc12)-c1cccnc1C1N=CC=CC31)/C(=C/C=C(/C=C\C)CC)CC. The lowest BCUT2D eigenvalue weighted by Crippen LogP contribution is -2.19. The number of aryl methyl sites for hydroxylation is 1. The van der Waals surface area contributed by atoms with Crippen molar-refractivity contribution in [3.8, 4) is 11.3 Å². The van der Waals surface area contributed by atoms with Crippen LogP contribution in [0.5, 0.6) is 0 Å². The number of aliphatic imine (C=N–C) groups is 1. The van der Waals surface area contributed by atoms with E-state index in [1.54, 1.807) is 0 Å². The second-order valence-corrected chi connectivity index (χ2v) is 10.6. The maximum atomic E-state index is 5.36. The summed E-state index contributed by atoms with van der Waals surface area (Å²) in [7, 11) is 0. The molecular weight excluding hydrogens is 500 g/mol. The van der Waals surface area contributed by atoms with E-state index in [0.29, 0.717) is 0 Å². The number of nitrogens with zero attached hydrogens (tertiary/aromatic N) is 4. The Bertz CT molecular complexity index is 1850. The molecule has 1 aromatic carbocycles. The summed E-state index contributed by atoms with van der Waals surface area (Å²) in [6.07, 6.45) is 23.0. The fraction of sp³-hybridized carbons (Fsp3) is 0.216. The van der Waals surface area contributed by atoms with Gasteiger partial charge >= 0.3 is 0 Å². The molecular formula is C37H36N4. The molecule has 0 N–H and O–H groups in total. The van der Waals surface area contributed by atoms with Gasteiger partial charge in [0.1, 0.15) is 11.7 Å². The van der Waals surface area contributed by atoms with E-state index in [-0.39, 0.29) is 12.0 Å². The molecule has 4 heteroatoms. The normalized spacial score (nSPS) is 18.4. The molecule has 0 bridgehead atoms. The van der Waals surface area contributed by atoms with Crippen molar-refractivity contribution in [3.05, 3.63) is 131 Å². The zero-order chi connectivity index (χ0) is 28.5. The molecule has 2 unspecified atom stereocenters. The van der Waals surface area contributed by atoms with Gasteiger partial charge in [0.25, 0.3) is 0 Å². The molecule has 3 aromatic heterocycles. The average molecular weight is 537 g/mol. The van der Waals surface area contributed by atoms with Crippen molar-refractivity contribution < 1.29 is 0 Å². The van der Waals surface area contributed by atoms with Gasteiger partial charge in [0.2, 0.25) is 0 Å². The lowest BCUT2D eigenvalue weighted by atomic mass is 9.82. The van der Waals surface area contributed by atoms with Gasteiger partial charge in [-0.25, -0.2) is 4.98 Å². The summed E-state index contributed by atoms with van der Waals surface area (Å²) in [5, 5.41) is 1.22. The fourth-order valence-electron chi connectivity index (χ4n) is 6.16. The Morgan fingerprint density at radius 3 is 2.71 bits per heavy atom. The van der Waals surface area contributed by atoms with Crippen LogP contribution in [0.4, 0.5) is 0 Å². The second-order valence-electron chi connectivity index (χ2n) is 10.6. The number of para-hydroxylation sites is 1. The number of pyridine rings is 2. The molecule has 204 valence electrons. The summed E-state index contributed by atoms with van der Waals surface area (Å²) < 4.78 is 2.36. The topological polar surface area (TPSA) is 42.5 Å². The summed E-state index contributed by atoms with van der Waals surface area (Å²) >= 11 is 0. The van der Waals surface area contributed by atoms with E-state index < -0.39 is 0 Å². The first kappa shape index (κ1) is 26.6. The first-order chi connectivity index (χ1) is 20.1. The van der Waals surface area contributed by atoms with Gasteiger partial charge in [-0.3, -0.25) is 14.4 Å². The van der Waals surface area contributed by atoms with Crippen LogP contribution in [0.25, 0.3) is 33.9 Å². The highest BCUT2D eigenvalue weighted by atomic mass is 15.1. The Morgan fingerprint density at radius 2 is 1.90 bits per heavy atom. The van der Waals surface area contributed by atoms with E-state index in [0.717, 1.165) is 52.1 Å². The van der Waals surface area contributed by atoms with Gasteiger partial charge in [-0.05, 0) is 73.2 Å². The van der Waals surface area contributed by atoms with E-state index in [1.165, 1.54) is 27.8 Å². The second kappa shape index (κ2) is 11.1. The quantitative estimate of drug-likeness (QED) is 0.221. The molecule has 2 aliphatic rings. The molecule has 0 radical (unpaired) electrons. The Balaban J connectivity index is 1.55. The highest BCUT2D eigenvalue weighted by Gasteiger charge is 2.38. The lowest BCUT2D eigenvalue weighted by molar-refractivity contribution is 0.604. The monoisotopic (exact) mass is 536 g/mol. The third kappa shape index (κ3) is 4.54. The predicted octanol–water partition coefficient (Wildman–Crippen LogP) is 9.46. The van der Waals surface area contributed by atoms with Crippen LogP contribution in [0, 0.1) is 6.92 Å². The molecule has 4 heterocycles. The van der Waals surface area contributed by atoms with Gasteiger partial charge < -0.3 is 0 Å². The van der Waals surface area contributed by atoms with Crippen LogP contribution in [0.2, 0.25) is 0 Å². The molecule has 4 aromatic rings. The van der Waals surface area contributed by atoms with Crippen molar-refractivity contribution in [1.29, 1.82) is 0 Å². The Hall–Kier alpha value is -4.57. The standard InChI is InChI=1S/C37H36N4/c1-6-13-26(7-2)19-20-27(8-3)24(4)18-21-29-25(5)28-14-9-10-17-32(28)41-36-31-16-12-23-39-34(31)33-30(15-11-22-38-33)35(36)40-37(29)41/h6,9-23,31,34H,4,7-8H2,1-3,5H3/b13-6-,21-18-,26-19+,27-20+. The number of rotatable bonds is 7. The van der Waals surface area contributed by atoms with Gasteiger partial charge in [0.15, 0.2) is 0 Å². The van der Waals surface area contributed by atoms with Gasteiger partial charge in [0.05, 0.1) is 22.6 Å². The highest BCUT2D eigenvalue weighted by molar-refractivity contribution is 5.93. The van der Waals surface area contributed by atoms with Gasteiger partial charge in [0, 0.05) is 34.8 Å². The van der Waals surface area contributed by atoms with Crippen LogP contribution in [0.1, 0.15) is 68.1 Å². The maximum absolute atomic E-state index is 5.36. The third-order valence-corrected chi connectivity index (χ3v) is 8.32. The summed E-state index contributed by atoms with van der Waals surface area (Å²) in [5.41, 5.74) is 12.2. The van der Waals surface area contributed by atoms with Gasteiger partial charge in [-0.2, -0.15) is 0 Å². The molecule has 0 fully saturated rings. The molecule has 6 rings (SSSR count). The Labute approximate surface area is 242 Å². The molecule has 0 amide bonds. The van der Waals surface area contributed by atoms with E-state index >= 15 is 0 Å². The molecule has 0 saturated carbocycles. The zero-order valence-electron chi connectivity index (χ0n) is 24.3. The first-order valence-corrected chi connectivity index (χ1v) is 14.6. The first-order valence-electron chi connectivity index (χ1n) is 14.6. The number of benzene rings is 1. The molecule has 0 saturated heterocycles. The number of allylic oxidation sites excluding steroid dienone is 9. The molecule has 0 spiro atoms. The minimum Gasteiger partial charge on any atom is -0.295 e. The van der Waals surface area contributed by atoms with Crippen LogP contribution >= 0.6 is 0 Å². The van der Waals surface area contributed by atoms with Gasteiger partial charge in [-0.15, -0.1) is 0 Å². The lowest BCUT2D eigenvalue weighted by Gasteiger charge is -2.29. The van der Waals surface area contributed by atoms with Crippen molar-refractivity contribution in [2.24, 2.45) is 4.99 Å². The molecule has 1 aliphatic carbocycles. The number of aromatic nitrogens is 3. The van der Waals surface area contributed by atoms with Crippen molar-refractivity contribution in [2.45, 2.75) is 52.5 Å². The zero-order valence-corrected chi connectivity index (χ0v) is 24.3. The Morgan fingerprint density at radius 1 is 1.05 bits per heavy atom. The third-order valence-electron chi connectivity index (χ3n) is 8.32. The summed E-state index contributed by atoms with van der Waals surface area (Å²) in [5.74, 6) is 0.0663. The molecule has 4 nitrogen and oxygen atoms in total. The van der Waals surface area contributed by atoms with Crippen LogP contribution in [0.15, 0.2) is 113 Å². The molecule has 41 heavy (non-hydrogen) atoms. The predicted molar refractivity (Wildman–Crippen MR) is 174 cm³/mol. The maximum Gasteiger partial charge on any atom is 0.145 e. The largest absolute Gasteiger partial charge is 0.295 e. The number of fused-ring (bicyclic) bond motifs is 10. The van der Waals surface area contributed by atoms with E-state index in [9.17, 15) is 0 Å². The van der Waals surface area contributed by atoms with Crippen LogP contribution in [-0.4, -0.2) is 20.6 Å². The smallest absolute Gasteiger partial charge is 0.145 e. The van der Waals surface area contributed by atoms with Crippen LogP contribution in [-0.2, 0) is 0 Å². The van der Waals surface area contributed by atoms with Crippen molar-refractivity contribution in [2.75, 3.05) is 0 Å². The van der Waals surface area contributed by atoms with Crippen molar-refractivity contribution in [1.82, 2.24) is 14.4 Å². The van der Waals surface area contributed by atoms with Crippen LogP contribution < -0.4 is 0 Å². The number of hydrogen-bond donors (Lipinski definition) is 0. The van der Waals surface area contributed by atoms with E-state index in [2.05, 4.69) is 112 Å². The number of dihydropyridines is 1. The van der Waals surface area contributed by atoms with Gasteiger partial charge in [-0.1, -0.05) is 81.2 Å². The summed E-state index contributed by atoms with van der Waals surface area (Å²) in [4.78, 5) is 15.0. The van der Waals surface area contributed by atoms with Crippen molar-refractivity contribution in [3.63, 3.8) is 0 Å². The minimum atomic E-state index is -0.0525. The minimum absolute atomic E-state index is 0.0525. The highest BCUT2D eigenvalue weighted by Crippen LogP contribution is 2.49. The fourth-order valence-corrected chi connectivity index (χ4v) is 6.16. The number of hydrogen-bond acceptors (Lipinski definition) is 3. The summed E-state index contributed by atoms with van der Waals surface area (Å²) in [6.45, 7) is 13.1. The van der Waals surface area contributed by atoms with E-state index in [1.807, 2.05) is 24.6 Å². The molecule has 1 aliphatic heterocycles. The van der Waals surface area contributed by atoms with E-state index in [4.69, 9.17) is 15.0 Å². The Kier molecular flexibility index (Phi) is 7.23. The average Bonchev–Trinajstić information content (AvgIpc) is 3.42. The van der Waals surface area contributed by atoms with Crippen LogP contribution in [0.3, 0.4) is 0 Å².